The van der Waals surface area contributed by atoms with Gasteiger partial charge in [0.25, 0.3) is 0 Å². The average molecular weight is 539 g/mol. The van der Waals surface area contributed by atoms with Crippen molar-refractivity contribution in [3.05, 3.63) is 47.6 Å². The fourth-order valence-corrected chi connectivity index (χ4v) is 9.50. The molecular weight excluding hydrogens is 504 g/mol. The third-order valence-corrected chi connectivity index (χ3v) is 10.8. The van der Waals surface area contributed by atoms with Crippen LogP contribution in [0.4, 0.5) is 0 Å². The molecular formula is C30H34O9. The summed E-state index contributed by atoms with van der Waals surface area (Å²) in [4.78, 5) is 52.9. The summed E-state index contributed by atoms with van der Waals surface area (Å²) in [5.74, 6) is -3.51. The van der Waals surface area contributed by atoms with E-state index in [0.29, 0.717) is 6.42 Å². The Bertz CT molecular complexity index is 1380. The minimum Gasteiger partial charge on any atom is -0.504 e. The number of carbonyl (C=O) groups is 4. The third kappa shape index (κ3) is 2.74. The van der Waals surface area contributed by atoms with E-state index in [4.69, 9.17) is 18.6 Å². The Kier molecular flexibility index (Phi) is 5.01. The lowest BCUT2D eigenvalue weighted by Gasteiger charge is -2.65. The first-order chi connectivity index (χ1) is 18.1. The number of fused-ring (bicyclic) bond motifs is 3. The van der Waals surface area contributed by atoms with Crippen molar-refractivity contribution in [1.82, 2.24) is 0 Å². The highest BCUT2D eigenvalue weighted by molar-refractivity contribution is 6.06. The van der Waals surface area contributed by atoms with Crippen molar-refractivity contribution in [3.63, 3.8) is 0 Å². The zero-order chi connectivity index (χ0) is 28.5. The highest BCUT2D eigenvalue weighted by atomic mass is 16.6. The third-order valence-electron chi connectivity index (χ3n) is 10.8. The Labute approximate surface area is 226 Å². The van der Waals surface area contributed by atoms with Gasteiger partial charge in [0, 0.05) is 36.5 Å². The van der Waals surface area contributed by atoms with Crippen LogP contribution in [-0.2, 0) is 33.4 Å². The lowest BCUT2D eigenvalue weighted by Crippen LogP contribution is -2.75. The lowest BCUT2D eigenvalue weighted by atomic mass is 9.38. The molecule has 0 radical (unpaired) electrons. The van der Waals surface area contributed by atoms with Gasteiger partial charge in [0.15, 0.2) is 11.5 Å². The Morgan fingerprint density at radius 2 is 1.72 bits per heavy atom. The van der Waals surface area contributed by atoms with E-state index in [2.05, 4.69) is 0 Å². The summed E-state index contributed by atoms with van der Waals surface area (Å²) in [6.45, 7) is 11.5. The van der Waals surface area contributed by atoms with Crippen molar-refractivity contribution in [2.75, 3.05) is 0 Å². The zero-order valence-electron chi connectivity index (χ0n) is 23.2. The van der Waals surface area contributed by atoms with Crippen LogP contribution >= 0.6 is 0 Å². The minimum atomic E-state index is -1.40. The number of allylic oxidation sites excluding steroid dienone is 4. The van der Waals surface area contributed by atoms with Gasteiger partial charge >= 0.3 is 11.9 Å². The Balaban J connectivity index is 1.69. The summed E-state index contributed by atoms with van der Waals surface area (Å²) in [5, 5.41) is 11.6. The molecule has 1 aliphatic heterocycles. The number of aliphatic hydroxyl groups excluding tert-OH is 1. The minimum absolute atomic E-state index is 0.251. The van der Waals surface area contributed by atoms with Crippen molar-refractivity contribution in [3.8, 4) is 0 Å². The normalized spacial score (nSPS) is 45.2. The van der Waals surface area contributed by atoms with Gasteiger partial charge in [0.2, 0.25) is 5.78 Å². The molecule has 1 saturated heterocycles. The standard InChI is InChI=1S/C30H34O9/c1-14(31)37-21-23-27(5)10-8-18(33)26(3,4)22(27)20(34)24(35)29(23,7)30-19(39-30)12-17(16-9-11-36-13-16)28(30,6)25(21)38-15(2)32/h8-11,13,17,19,21,23,25,34H,12H2,1-7H3. The van der Waals surface area contributed by atoms with Gasteiger partial charge in [-0.25, -0.2) is 0 Å². The lowest BCUT2D eigenvalue weighted by molar-refractivity contribution is -0.247. The molecule has 9 unspecified atom stereocenters. The molecule has 3 fully saturated rings. The maximum atomic E-state index is 14.6. The van der Waals surface area contributed by atoms with Crippen LogP contribution in [0, 0.1) is 27.6 Å². The van der Waals surface area contributed by atoms with Crippen LogP contribution in [0.2, 0.25) is 0 Å². The van der Waals surface area contributed by atoms with E-state index >= 15 is 0 Å². The number of hydrogen-bond acceptors (Lipinski definition) is 9. The molecule has 1 aromatic heterocycles. The number of hydrogen-bond donors (Lipinski definition) is 1. The number of carbonyl (C=O) groups excluding carboxylic acids is 4. The molecule has 1 aromatic rings. The van der Waals surface area contributed by atoms with Crippen LogP contribution in [0.15, 0.2) is 46.5 Å². The monoisotopic (exact) mass is 538 g/mol. The van der Waals surface area contributed by atoms with Crippen LogP contribution in [0.1, 0.15) is 66.4 Å². The smallest absolute Gasteiger partial charge is 0.303 e. The van der Waals surface area contributed by atoms with Crippen LogP contribution in [0.25, 0.3) is 0 Å². The van der Waals surface area contributed by atoms with Gasteiger partial charge in [-0.2, -0.15) is 0 Å². The number of aliphatic hydroxyl groups is 1. The second-order valence-corrected chi connectivity index (χ2v) is 12.9. The van der Waals surface area contributed by atoms with E-state index in [9.17, 15) is 24.3 Å². The van der Waals surface area contributed by atoms with Gasteiger partial charge in [-0.05, 0) is 50.5 Å². The van der Waals surface area contributed by atoms with Crippen LogP contribution < -0.4 is 0 Å². The first kappa shape index (κ1) is 26.0. The van der Waals surface area contributed by atoms with E-state index in [1.54, 1.807) is 39.4 Å². The molecule has 9 nitrogen and oxygen atoms in total. The van der Waals surface area contributed by atoms with Crippen molar-refractivity contribution >= 4 is 23.5 Å². The van der Waals surface area contributed by atoms with E-state index in [0.717, 1.165) is 5.56 Å². The molecule has 5 aliphatic rings. The molecule has 0 aromatic carbocycles. The first-order valence-electron chi connectivity index (χ1n) is 13.4. The van der Waals surface area contributed by atoms with Crippen molar-refractivity contribution < 1.29 is 42.9 Å². The highest BCUT2D eigenvalue weighted by Gasteiger charge is 2.91. The summed E-state index contributed by atoms with van der Waals surface area (Å²) in [5.41, 5.74) is -4.76. The fourth-order valence-electron chi connectivity index (χ4n) is 9.50. The molecule has 6 rings (SSSR count). The molecule has 2 heterocycles. The first-order valence-corrected chi connectivity index (χ1v) is 13.4. The van der Waals surface area contributed by atoms with Crippen LogP contribution in [0.5, 0.6) is 0 Å². The van der Waals surface area contributed by atoms with E-state index in [1.165, 1.54) is 19.9 Å². The number of ketones is 2. The molecule has 9 atom stereocenters. The number of epoxide rings is 1. The summed E-state index contributed by atoms with van der Waals surface area (Å²) in [6, 6.07) is 1.84. The number of ether oxygens (including phenoxy) is 3. The van der Waals surface area contributed by atoms with E-state index < -0.39 is 68.9 Å². The largest absolute Gasteiger partial charge is 0.504 e. The molecule has 0 amide bonds. The van der Waals surface area contributed by atoms with Crippen molar-refractivity contribution in [1.29, 1.82) is 0 Å². The van der Waals surface area contributed by atoms with Gasteiger partial charge < -0.3 is 23.7 Å². The zero-order valence-corrected chi connectivity index (χ0v) is 23.2. The molecule has 4 aliphatic carbocycles. The van der Waals surface area contributed by atoms with Gasteiger partial charge in [-0.15, -0.1) is 0 Å². The molecule has 1 spiro atoms. The number of furan rings is 1. The summed E-state index contributed by atoms with van der Waals surface area (Å²) in [7, 11) is 0. The Morgan fingerprint density at radius 3 is 2.31 bits per heavy atom. The van der Waals surface area contributed by atoms with Gasteiger partial charge in [0.1, 0.15) is 17.8 Å². The second-order valence-electron chi connectivity index (χ2n) is 12.9. The predicted octanol–water partition coefficient (Wildman–Crippen LogP) is 3.98. The van der Waals surface area contributed by atoms with Crippen LogP contribution in [0.3, 0.4) is 0 Å². The second kappa shape index (κ2) is 7.50. The van der Waals surface area contributed by atoms with Gasteiger partial charge in [-0.1, -0.05) is 19.9 Å². The van der Waals surface area contributed by atoms with Gasteiger partial charge in [0.05, 0.1) is 29.5 Å². The van der Waals surface area contributed by atoms with Crippen molar-refractivity contribution in [2.24, 2.45) is 27.6 Å². The molecule has 39 heavy (non-hydrogen) atoms. The van der Waals surface area contributed by atoms with Gasteiger partial charge in [-0.3, -0.25) is 19.2 Å². The Morgan fingerprint density at radius 1 is 1.05 bits per heavy atom. The maximum absolute atomic E-state index is 14.6. The molecule has 208 valence electrons. The predicted molar refractivity (Wildman–Crippen MR) is 135 cm³/mol. The Hall–Kier alpha value is -3.20. The fraction of sp³-hybridized carbons (Fsp3) is 0.600. The topological polar surface area (TPSA) is 133 Å². The number of Topliss-reactive ketones (excluding diaryl/α,β-unsaturated/α-hetero) is 1. The summed E-state index contributed by atoms with van der Waals surface area (Å²) >= 11 is 0. The number of rotatable bonds is 3. The summed E-state index contributed by atoms with van der Waals surface area (Å²) < 4.78 is 24.1. The molecule has 2 saturated carbocycles. The average Bonchev–Trinajstić information content (AvgIpc) is 3.20. The maximum Gasteiger partial charge on any atom is 0.303 e. The highest BCUT2D eigenvalue weighted by Crippen LogP contribution is 2.81. The van der Waals surface area contributed by atoms with E-state index in [-0.39, 0.29) is 23.4 Å². The van der Waals surface area contributed by atoms with Crippen molar-refractivity contribution in [2.45, 2.75) is 84.7 Å². The SMILES string of the molecule is CC(=O)OC1C2C3(C)C=CC(=O)C(C)(C)C3=C(O)C(=O)C2(C)C23OC2CC(c2ccoc2)C3(C)C1OC(C)=O. The molecule has 9 heteroatoms. The van der Waals surface area contributed by atoms with Crippen LogP contribution in [-0.4, -0.2) is 52.5 Å². The number of esters is 2. The summed E-state index contributed by atoms with van der Waals surface area (Å²) in [6.07, 6.45) is 4.42. The van der Waals surface area contributed by atoms with E-state index in [1.807, 2.05) is 19.9 Å². The molecule has 1 N–H and O–H groups in total. The molecule has 0 bridgehead atoms. The quantitative estimate of drug-likeness (QED) is 0.448.